The minimum absolute atomic E-state index is 0.197. The topological polar surface area (TPSA) is 173 Å². The number of aliphatic hydroxyl groups is 1. The van der Waals surface area contributed by atoms with Gasteiger partial charge in [0, 0.05) is 101 Å². The Hall–Kier alpha value is -5.45. The number of hydrogen-bond acceptors (Lipinski definition) is 13. The number of rotatable bonds is 10. The van der Waals surface area contributed by atoms with Crippen molar-refractivity contribution in [3.05, 3.63) is 64.6 Å². The number of anilines is 5. The van der Waals surface area contributed by atoms with E-state index in [-0.39, 0.29) is 30.1 Å². The molecule has 16 nitrogen and oxygen atoms in total. The number of aryl methyl sites for hydroxylation is 1. The van der Waals surface area contributed by atoms with Crippen molar-refractivity contribution >= 4 is 75.1 Å². The number of benzene rings is 2. The van der Waals surface area contributed by atoms with Crippen LogP contribution < -0.4 is 30.7 Å². The standard InChI is InChI=1S/C41H50ClN11O5/c1-24-21-53(41-44-20-31(42)38(47-41)45-27-5-9-32-26(17-27)18-34(40(57)49(32)3)58-23-36(55)43-2)16-15-52(24)22-25-11-13-51(14-12-25)28-6-7-29-33(19-28)50(4)48-37(29)30-8-10-35(54)46-39(30)56/h5-7,9,17-20,24-25,30,40,57H,8,10-16,21-23H2,1-4H3,(H,43,55)(H,44,45,47)(H,46,54,56)/t24-,30?,40?/m0/s1. The van der Waals surface area contributed by atoms with E-state index in [1.54, 1.807) is 24.2 Å². The van der Waals surface area contributed by atoms with Crippen molar-refractivity contribution in [2.24, 2.45) is 13.0 Å². The van der Waals surface area contributed by atoms with E-state index in [9.17, 15) is 19.5 Å². The molecule has 4 aliphatic rings. The zero-order chi connectivity index (χ0) is 40.7. The molecule has 4 aliphatic heterocycles. The Kier molecular flexibility index (Phi) is 11.2. The van der Waals surface area contributed by atoms with E-state index >= 15 is 0 Å². The number of ether oxygens (including phenoxy) is 1. The molecule has 3 saturated heterocycles. The second kappa shape index (κ2) is 16.4. The average molecular weight is 812 g/mol. The van der Waals surface area contributed by atoms with E-state index in [0.717, 1.165) is 91.3 Å². The molecule has 8 rings (SSSR count). The first-order chi connectivity index (χ1) is 27.9. The van der Waals surface area contributed by atoms with E-state index in [4.69, 9.17) is 26.4 Å². The van der Waals surface area contributed by atoms with Crippen LogP contribution in [0.3, 0.4) is 0 Å². The molecule has 4 N–H and O–H groups in total. The highest BCUT2D eigenvalue weighted by molar-refractivity contribution is 6.32. The van der Waals surface area contributed by atoms with Gasteiger partial charge in [-0.15, -0.1) is 0 Å². The fourth-order valence-electron chi connectivity index (χ4n) is 8.53. The summed E-state index contributed by atoms with van der Waals surface area (Å²) in [5.74, 6) is 0.802. The zero-order valence-corrected chi connectivity index (χ0v) is 34.0. The number of amides is 3. The first-order valence-corrected chi connectivity index (χ1v) is 20.3. The Morgan fingerprint density at radius 1 is 1.05 bits per heavy atom. The molecule has 4 aromatic rings. The van der Waals surface area contributed by atoms with Crippen LogP contribution in [0.2, 0.25) is 5.02 Å². The zero-order valence-electron chi connectivity index (χ0n) is 33.2. The van der Waals surface area contributed by atoms with Gasteiger partial charge in [0.05, 0.1) is 23.3 Å². The fraction of sp³-hybridized carbons (Fsp3) is 0.463. The van der Waals surface area contributed by atoms with Crippen LogP contribution in [0.25, 0.3) is 17.0 Å². The van der Waals surface area contributed by atoms with Crippen molar-refractivity contribution in [3.63, 3.8) is 0 Å². The van der Waals surface area contributed by atoms with Crippen LogP contribution in [0.5, 0.6) is 0 Å². The van der Waals surface area contributed by atoms with Gasteiger partial charge in [0.25, 0.3) is 5.91 Å². The van der Waals surface area contributed by atoms with Crippen LogP contribution in [0.4, 0.5) is 28.8 Å². The van der Waals surface area contributed by atoms with Gasteiger partial charge in [-0.1, -0.05) is 11.6 Å². The van der Waals surface area contributed by atoms with Gasteiger partial charge in [0.2, 0.25) is 17.8 Å². The third kappa shape index (κ3) is 8.00. The number of nitrogens with zero attached hydrogens (tertiary/aromatic N) is 8. The summed E-state index contributed by atoms with van der Waals surface area (Å²) in [6.07, 6.45) is 5.37. The van der Waals surface area contributed by atoms with E-state index in [0.29, 0.717) is 41.6 Å². The molecule has 3 amide bonds. The van der Waals surface area contributed by atoms with Crippen molar-refractivity contribution in [1.82, 2.24) is 35.3 Å². The molecule has 17 heteroatoms. The molecule has 3 atom stereocenters. The maximum absolute atomic E-state index is 12.6. The molecule has 3 fully saturated rings. The number of fused-ring (bicyclic) bond motifs is 2. The van der Waals surface area contributed by atoms with Crippen LogP contribution in [0.15, 0.2) is 48.4 Å². The fourth-order valence-corrected chi connectivity index (χ4v) is 8.67. The molecule has 0 aliphatic carbocycles. The molecule has 2 unspecified atom stereocenters. The van der Waals surface area contributed by atoms with Gasteiger partial charge in [-0.25, -0.2) is 4.98 Å². The predicted octanol–water partition coefficient (Wildman–Crippen LogP) is 3.58. The molecule has 0 saturated carbocycles. The quantitative estimate of drug-likeness (QED) is 0.172. The Bertz CT molecular complexity index is 2260. The number of hydrogen-bond donors (Lipinski definition) is 4. The number of aliphatic hydroxyl groups excluding tert-OH is 1. The molecular weight excluding hydrogens is 762 g/mol. The Balaban J connectivity index is 0.858. The van der Waals surface area contributed by atoms with Crippen LogP contribution in [-0.2, 0) is 26.2 Å². The summed E-state index contributed by atoms with van der Waals surface area (Å²) < 4.78 is 7.47. The number of halogens is 1. The first-order valence-electron chi connectivity index (χ1n) is 19.9. The molecule has 306 valence electrons. The molecule has 0 radical (unpaired) electrons. The summed E-state index contributed by atoms with van der Waals surface area (Å²) in [5, 5.41) is 25.1. The number of likely N-dealkylation sites (N-methyl/N-ethyl adjacent to an activating group) is 2. The van der Waals surface area contributed by atoms with E-state index in [1.165, 1.54) is 7.05 Å². The van der Waals surface area contributed by atoms with Gasteiger partial charge in [-0.05, 0) is 74.6 Å². The monoisotopic (exact) mass is 811 g/mol. The lowest BCUT2D eigenvalue weighted by Gasteiger charge is -2.43. The smallest absolute Gasteiger partial charge is 0.257 e. The van der Waals surface area contributed by atoms with Crippen LogP contribution in [0.1, 0.15) is 49.8 Å². The molecule has 0 spiro atoms. The highest BCUT2D eigenvalue weighted by atomic mass is 35.5. The van der Waals surface area contributed by atoms with Crippen molar-refractivity contribution < 1.29 is 24.2 Å². The van der Waals surface area contributed by atoms with Gasteiger partial charge in [0.15, 0.2) is 18.7 Å². The number of carbonyl (C=O) groups excluding carboxylic acids is 3. The van der Waals surface area contributed by atoms with Crippen LogP contribution in [0, 0.1) is 5.92 Å². The van der Waals surface area contributed by atoms with Gasteiger partial charge < -0.3 is 35.2 Å². The molecule has 2 aromatic heterocycles. The summed E-state index contributed by atoms with van der Waals surface area (Å²) in [6.45, 7) is 7.57. The molecule has 2 aromatic carbocycles. The number of aromatic nitrogens is 4. The van der Waals surface area contributed by atoms with Gasteiger partial charge >= 0.3 is 0 Å². The second-order valence-corrected chi connectivity index (χ2v) is 16.1. The predicted molar refractivity (Wildman–Crippen MR) is 223 cm³/mol. The summed E-state index contributed by atoms with van der Waals surface area (Å²) in [6, 6.07) is 12.4. The Morgan fingerprint density at radius 2 is 1.86 bits per heavy atom. The second-order valence-electron chi connectivity index (χ2n) is 15.7. The maximum Gasteiger partial charge on any atom is 0.257 e. The minimum Gasteiger partial charge on any atom is -0.483 e. The van der Waals surface area contributed by atoms with E-state index in [2.05, 4.69) is 60.8 Å². The number of carbonyl (C=O) groups is 3. The highest BCUT2D eigenvalue weighted by Gasteiger charge is 2.33. The highest BCUT2D eigenvalue weighted by Crippen LogP contribution is 2.36. The number of nitrogens with one attached hydrogen (secondary N) is 3. The van der Waals surface area contributed by atoms with Gasteiger partial charge in [-0.3, -0.25) is 29.3 Å². The maximum atomic E-state index is 12.6. The minimum atomic E-state index is -1.02. The largest absolute Gasteiger partial charge is 0.483 e. The summed E-state index contributed by atoms with van der Waals surface area (Å²) in [5.41, 5.74) is 5.26. The van der Waals surface area contributed by atoms with E-state index in [1.807, 2.05) is 29.9 Å². The Labute approximate surface area is 342 Å². The van der Waals surface area contributed by atoms with Crippen molar-refractivity contribution in [2.45, 2.75) is 50.8 Å². The van der Waals surface area contributed by atoms with Gasteiger partial charge in [0.1, 0.15) is 10.8 Å². The lowest BCUT2D eigenvalue weighted by Crippen LogP contribution is -2.54. The number of imide groups is 1. The van der Waals surface area contributed by atoms with Gasteiger partial charge in [-0.2, -0.15) is 10.1 Å². The molecule has 6 heterocycles. The van der Waals surface area contributed by atoms with Crippen molar-refractivity contribution in [1.29, 1.82) is 0 Å². The Morgan fingerprint density at radius 3 is 2.62 bits per heavy atom. The van der Waals surface area contributed by atoms with Crippen molar-refractivity contribution in [3.8, 4) is 0 Å². The van der Waals surface area contributed by atoms with Crippen LogP contribution >= 0.6 is 11.6 Å². The first kappa shape index (κ1) is 39.4. The molecular formula is C41H50ClN11O5. The lowest BCUT2D eigenvalue weighted by molar-refractivity contribution is -0.134. The van der Waals surface area contributed by atoms with Crippen LogP contribution in [-0.4, -0.2) is 120 Å². The molecule has 58 heavy (non-hydrogen) atoms. The summed E-state index contributed by atoms with van der Waals surface area (Å²) >= 11 is 6.60. The van der Waals surface area contributed by atoms with Crippen molar-refractivity contribution in [2.75, 3.05) is 80.0 Å². The summed E-state index contributed by atoms with van der Waals surface area (Å²) in [7, 11) is 5.21. The SMILES string of the molecule is CNC(=O)COC1=Cc2cc(Nc3nc(N4CCN(CC5CCN(c6ccc7c(C8CCC(=O)NC8=O)nn(C)c7c6)CC5)[C@@H](C)C4)ncc3Cl)ccc2N(C)C1O. The number of piperazine rings is 1. The lowest BCUT2D eigenvalue weighted by atomic mass is 9.92. The third-order valence-corrected chi connectivity index (χ3v) is 12.2. The third-order valence-electron chi connectivity index (χ3n) is 11.9. The summed E-state index contributed by atoms with van der Waals surface area (Å²) in [4.78, 5) is 54.4. The normalized spacial score (nSPS) is 21.8. The molecule has 0 bridgehead atoms. The average Bonchev–Trinajstić information content (AvgIpc) is 3.55. The number of piperidine rings is 2. The van der Waals surface area contributed by atoms with E-state index < -0.39 is 12.1 Å².